The van der Waals surface area contributed by atoms with E-state index >= 15 is 0 Å². The first-order chi connectivity index (χ1) is 11.2. The summed E-state index contributed by atoms with van der Waals surface area (Å²) in [6.07, 6.45) is -5.73. The van der Waals surface area contributed by atoms with Crippen LogP contribution in [-0.4, -0.2) is 101 Å². The summed E-state index contributed by atoms with van der Waals surface area (Å²) < 4.78 is 3.99. The number of carbonyl (C=O) groups is 6. The summed E-state index contributed by atoms with van der Waals surface area (Å²) >= 11 is 0. The maximum Gasteiger partial charge on any atom is 2.00 e. The first kappa shape index (κ1) is 25.9. The number of ether oxygens (including phenoxy) is 1. The van der Waals surface area contributed by atoms with Crippen molar-refractivity contribution >= 4 is 58.9 Å². The maximum atomic E-state index is 11.4. The van der Waals surface area contributed by atoms with Gasteiger partial charge in [-0.15, -0.1) is 0 Å². The van der Waals surface area contributed by atoms with Gasteiger partial charge in [0.15, 0.2) is 11.2 Å². The van der Waals surface area contributed by atoms with Crippen molar-refractivity contribution in [3.8, 4) is 0 Å². The molecule has 6 N–H and O–H groups in total. The maximum absolute atomic E-state index is 11.4. The molecule has 0 heterocycles. The van der Waals surface area contributed by atoms with Crippen molar-refractivity contribution in [2.24, 2.45) is 0 Å². The quantitative estimate of drug-likeness (QED) is 0.126. The SMILES string of the molecule is O=C(O)CC(O)(CC(=O)OC(=O)CC(O)(CC(=O)O)C(=O)O)C(=O)O.[H-].[H-].[Mg+2]. The number of esters is 2. The van der Waals surface area contributed by atoms with Crippen LogP contribution in [0.25, 0.3) is 0 Å². The smallest absolute Gasteiger partial charge is 1.00 e. The summed E-state index contributed by atoms with van der Waals surface area (Å²) in [5.41, 5.74) is -6.18. The number of hydrogen-bond acceptors (Lipinski definition) is 9. The van der Waals surface area contributed by atoms with E-state index in [1.165, 1.54) is 0 Å². The van der Waals surface area contributed by atoms with Gasteiger partial charge in [-0.2, -0.15) is 0 Å². The number of carbonyl (C=O) groups excluding carboxylic acids is 2. The van der Waals surface area contributed by atoms with E-state index in [-0.39, 0.29) is 25.9 Å². The number of carboxylic acids is 4. The van der Waals surface area contributed by atoms with Crippen LogP contribution in [0.2, 0.25) is 0 Å². The Morgan fingerprint density at radius 1 is 0.654 bits per heavy atom. The molecular formula is C12H16MgO13. The molecule has 0 aromatic rings. The van der Waals surface area contributed by atoms with Gasteiger partial charge >= 0.3 is 58.9 Å². The molecule has 2 unspecified atom stereocenters. The molecular weight excluding hydrogens is 376 g/mol. The topological polar surface area (TPSA) is 233 Å². The molecule has 2 atom stereocenters. The van der Waals surface area contributed by atoms with Crippen molar-refractivity contribution < 1.29 is 67.0 Å². The summed E-state index contributed by atoms with van der Waals surface area (Å²) in [5.74, 6) is -11.2. The third kappa shape index (κ3) is 8.19. The zero-order valence-electron chi connectivity index (χ0n) is 15.1. The molecule has 0 bridgehead atoms. The largest absolute Gasteiger partial charge is 2.00 e. The first-order valence-corrected chi connectivity index (χ1v) is 6.30. The van der Waals surface area contributed by atoms with E-state index in [1.54, 1.807) is 0 Å². The molecule has 0 aromatic carbocycles. The van der Waals surface area contributed by atoms with Crippen molar-refractivity contribution in [1.82, 2.24) is 0 Å². The molecule has 0 saturated heterocycles. The van der Waals surface area contributed by atoms with Gasteiger partial charge in [0.1, 0.15) is 0 Å². The van der Waals surface area contributed by atoms with E-state index in [0.717, 1.165) is 0 Å². The number of rotatable bonds is 10. The normalized spacial score (nSPS) is 14.7. The fraction of sp³-hybridized carbons (Fsp3) is 0.500. The Morgan fingerprint density at radius 3 is 1.12 bits per heavy atom. The molecule has 0 aromatic heterocycles. The van der Waals surface area contributed by atoms with Crippen LogP contribution in [0.5, 0.6) is 0 Å². The average Bonchev–Trinajstić information content (AvgIpc) is 2.34. The van der Waals surface area contributed by atoms with E-state index in [1.807, 2.05) is 0 Å². The molecule has 0 radical (unpaired) electrons. The first-order valence-electron chi connectivity index (χ1n) is 6.30. The van der Waals surface area contributed by atoms with Gasteiger partial charge in [0.05, 0.1) is 25.7 Å². The van der Waals surface area contributed by atoms with Crippen LogP contribution in [0, 0.1) is 0 Å². The Morgan fingerprint density at radius 2 is 0.923 bits per heavy atom. The summed E-state index contributed by atoms with van der Waals surface area (Å²) in [6, 6.07) is 0. The standard InChI is InChI=1S/C12H14O13.Mg.2H/c13-5(14)1-11(23,9(19)20)3-7(17)25-8(18)4-12(24,10(21)22)2-6(15)16;;;/h23-24H,1-4H2,(H,13,14)(H,15,16)(H,19,20)(H,21,22);;;/q;+2;2*-1. The van der Waals surface area contributed by atoms with Crippen LogP contribution in [0.3, 0.4) is 0 Å². The van der Waals surface area contributed by atoms with Crippen molar-refractivity contribution in [1.29, 1.82) is 0 Å². The second kappa shape index (κ2) is 10.0. The Kier molecular flexibility index (Phi) is 9.98. The molecule has 0 saturated carbocycles. The Labute approximate surface area is 163 Å². The number of aliphatic hydroxyl groups is 2. The number of aliphatic carboxylic acids is 4. The minimum atomic E-state index is -3.09. The van der Waals surface area contributed by atoms with Crippen molar-refractivity contribution in [3.63, 3.8) is 0 Å². The van der Waals surface area contributed by atoms with Crippen molar-refractivity contribution in [3.05, 3.63) is 0 Å². The summed E-state index contributed by atoms with van der Waals surface area (Å²) in [5, 5.41) is 53.6. The van der Waals surface area contributed by atoms with E-state index < -0.39 is 72.7 Å². The molecule has 0 amide bonds. The number of hydrogen-bond donors (Lipinski definition) is 6. The fourth-order valence-corrected chi connectivity index (χ4v) is 1.60. The molecule has 0 fully saturated rings. The van der Waals surface area contributed by atoms with Crippen LogP contribution in [0.15, 0.2) is 0 Å². The minimum absolute atomic E-state index is 0. The van der Waals surface area contributed by atoms with E-state index in [0.29, 0.717) is 0 Å². The van der Waals surface area contributed by atoms with Gasteiger partial charge in [0.25, 0.3) is 0 Å². The predicted octanol–water partition coefficient (Wildman–Crippen LogP) is -2.74. The second-order valence-electron chi connectivity index (χ2n) is 5.01. The van der Waals surface area contributed by atoms with Gasteiger partial charge < -0.3 is 38.2 Å². The van der Waals surface area contributed by atoms with Gasteiger partial charge in [0, 0.05) is 0 Å². The molecule has 0 aliphatic heterocycles. The van der Waals surface area contributed by atoms with Crippen LogP contribution < -0.4 is 0 Å². The molecule has 0 aliphatic rings. The predicted molar refractivity (Wildman–Crippen MR) is 78.0 cm³/mol. The third-order valence-corrected chi connectivity index (χ3v) is 2.78. The second-order valence-corrected chi connectivity index (χ2v) is 5.01. The van der Waals surface area contributed by atoms with Gasteiger partial charge in [-0.05, 0) is 0 Å². The van der Waals surface area contributed by atoms with E-state index in [2.05, 4.69) is 4.74 Å². The molecule has 0 spiro atoms. The van der Waals surface area contributed by atoms with Crippen molar-refractivity contribution in [2.45, 2.75) is 36.9 Å². The van der Waals surface area contributed by atoms with Gasteiger partial charge in [-0.1, -0.05) is 0 Å². The Hall–Kier alpha value is -2.29. The summed E-state index contributed by atoms with van der Waals surface area (Å²) in [4.78, 5) is 65.5. The van der Waals surface area contributed by atoms with E-state index in [4.69, 9.17) is 20.4 Å². The Balaban J connectivity index is -0.000000960. The molecule has 0 aliphatic carbocycles. The zero-order valence-corrected chi connectivity index (χ0v) is 14.5. The molecule has 0 rings (SSSR count). The van der Waals surface area contributed by atoms with Crippen LogP contribution in [0.4, 0.5) is 0 Å². The third-order valence-electron chi connectivity index (χ3n) is 2.78. The van der Waals surface area contributed by atoms with Crippen LogP contribution in [-0.2, 0) is 33.5 Å². The van der Waals surface area contributed by atoms with Gasteiger partial charge in [0.2, 0.25) is 0 Å². The zero-order chi connectivity index (χ0) is 20.0. The van der Waals surface area contributed by atoms with Crippen LogP contribution >= 0.6 is 0 Å². The van der Waals surface area contributed by atoms with Gasteiger partial charge in [-0.3, -0.25) is 19.2 Å². The molecule has 144 valence electrons. The summed E-state index contributed by atoms with van der Waals surface area (Å²) in [7, 11) is 0. The van der Waals surface area contributed by atoms with Crippen molar-refractivity contribution in [2.75, 3.05) is 0 Å². The molecule has 26 heavy (non-hydrogen) atoms. The summed E-state index contributed by atoms with van der Waals surface area (Å²) in [6.45, 7) is 0. The number of carboxylic acid groups (broad SMARTS) is 4. The fourth-order valence-electron chi connectivity index (χ4n) is 1.60. The Bertz CT molecular complexity index is 573. The minimum Gasteiger partial charge on any atom is -1.00 e. The monoisotopic (exact) mass is 392 g/mol. The average molecular weight is 393 g/mol. The van der Waals surface area contributed by atoms with E-state index in [9.17, 15) is 39.0 Å². The van der Waals surface area contributed by atoms with Gasteiger partial charge in [-0.25, -0.2) is 9.59 Å². The molecule has 13 nitrogen and oxygen atoms in total. The van der Waals surface area contributed by atoms with Crippen LogP contribution in [0.1, 0.15) is 28.5 Å². The molecule has 14 heteroatoms.